The summed E-state index contributed by atoms with van der Waals surface area (Å²) in [5.41, 5.74) is 1.18. The Morgan fingerprint density at radius 3 is 2.69 bits per heavy atom. The predicted molar refractivity (Wildman–Crippen MR) is 104 cm³/mol. The molecule has 0 amide bonds. The summed E-state index contributed by atoms with van der Waals surface area (Å²) in [7, 11) is 0. The van der Waals surface area contributed by atoms with Gasteiger partial charge in [0.05, 0.1) is 12.0 Å². The number of esters is 3. The van der Waals surface area contributed by atoms with Crippen molar-refractivity contribution < 1.29 is 33.3 Å². The summed E-state index contributed by atoms with van der Waals surface area (Å²) < 4.78 is 21.9. The van der Waals surface area contributed by atoms with Crippen LogP contribution in [0.5, 0.6) is 0 Å². The van der Waals surface area contributed by atoms with Crippen LogP contribution in [0, 0.1) is 5.92 Å². The quantitative estimate of drug-likeness (QED) is 0.234. The van der Waals surface area contributed by atoms with E-state index in [4.69, 9.17) is 18.9 Å². The van der Waals surface area contributed by atoms with E-state index in [1.807, 2.05) is 19.1 Å². The van der Waals surface area contributed by atoms with Crippen LogP contribution in [0.3, 0.4) is 0 Å². The highest BCUT2D eigenvalue weighted by Gasteiger charge is 2.58. The Bertz CT molecular complexity index is 793. The minimum Gasteiger partial charge on any atom is -0.461 e. The maximum atomic E-state index is 12.7. The fourth-order valence-electron chi connectivity index (χ4n) is 3.75. The van der Waals surface area contributed by atoms with Crippen LogP contribution < -0.4 is 0 Å². The van der Waals surface area contributed by atoms with Gasteiger partial charge in [0.2, 0.25) is 0 Å². The summed E-state index contributed by atoms with van der Waals surface area (Å²) in [4.78, 5) is 36.3. The summed E-state index contributed by atoms with van der Waals surface area (Å²) in [5, 5.41) is 0. The van der Waals surface area contributed by atoms with Crippen molar-refractivity contribution in [1.82, 2.24) is 0 Å². The number of rotatable bonds is 4. The van der Waals surface area contributed by atoms with E-state index in [1.54, 1.807) is 13.8 Å². The third-order valence-electron chi connectivity index (χ3n) is 5.81. The number of carbonyl (C=O) groups excluding carboxylic acids is 3. The van der Waals surface area contributed by atoms with Gasteiger partial charge < -0.3 is 18.9 Å². The normalized spacial score (nSPS) is 34.3. The third kappa shape index (κ3) is 4.61. The van der Waals surface area contributed by atoms with E-state index in [1.165, 1.54) is 6.92 Å². The van der Waals surface area contributed by atoms with Crippen molar-refractivity contribution in [2.24, 2.45) is 5.92 Å². The molecule has 7 nitrogen and oxygen atoms in total. The van der Waals surface area contributed by atoms with Gasteiger partial charge in [0.1, 0.15) is 18.8 Å². The molecule has 0 aromatic heterocycles. The highest BCUT2D eigenvalue weighted by molar-refractivity contribution is 5.91. The summed E-state index contributed by atoms with van der Waals surface area (Å²) in [5.74, 6) is -1.87. The molecule has 3 rings (SSSR count). The number of fused-ring (bicyclic) bond motifs is 1. The van der Waals surface area contributed by atoms with Gasteiger partial charge in [-0.2, -0.15) is 0 Å². The van der Waals surface area contributed by atoms with Crippen molar-refractivity contribution in [1.29, 1.82) is 0 Å². The van der Waals surface area contributed by atoms with Gasteiger partial charge in [0, 0.05) is 18.9 Å². The van der Waals surface area contributed by atoms with Gasteiger partial charge in [-0.25, -0.2) is 9.59 Å². The van der Waals surface area contributed by atoms with Crippen LogP contribution in [-0.2, 0) is 33.3 Å². The molecule has 0 bridgehead atoms. The predicted octanol–water partition coefficient (Wildman–Crippen LogP) is 2.79. The minimum absolute atomic E-state index is 0.106. The number of ether oxygens (including phenoxy) is 4. The van der Waals surface area contributed by atoms with Gasteiger partial charge in [0.15, 0.2) is 5.60 Å². The molecule has 0 radical (unpaired) electrons. The lowest BCUT2D eigenvalue weighted by Gasteiger charge is -2.28. The zero-order chi connectivity index (χ0) is 21.3. The first kappa shape index (κ1) is 21.3. The van der Waals surface area contributed by atoms with Crippen molar-refractivity contribution in [3.05, 3.63) is 35.5 Å². The molecule has 2 aliphatic heterocycles. The first-order chi connectivity index (χ1) is 13.6. The van der Waals surface area contributed by atoms with Gasteiger partial charge in [-0.05, 0) is 45.3 Å². The molecule has 2 heterocycles. The van der Waals surface area contributed by atoms with E-state index in [0.717, 1.165) is 24.0 Å². The molecule has 7 heteroatoms. The van der Waals surface area contributed by atoms with Crippen LogP contribution in [0.4, 0.5) is 0 Å². The summed E-state index contributed by atoms with van der Waals surface area (Å²) >= 11 is 0. The maximum absolute atomic E-state index is 12.7. The number of allylic oxidation sites excluding steroid dienone is 2. The molecule has 0 N–H and O–H groups in total. The Morgan fingerprint density at radius 2 is 2.07 bits per heavy atom. The standard InChI is InChI=1S/C22H28O7/c1-12-7-6-8-16(11-26-15(4)23)10-18(28-21(25)22(5)14(3)29-22)19-13(2)20(24)27-17(19)9-12/h8-9,14,17-19H,2,6-7,10-11H2,1,3-5H3. The second-order valence-electron chi connectivity index (χ2n) is 8.13. The molecule has 1 aliphatic carbocycles. The summed E-state index contributed by atoms with van der Waals surface area (Å²) in [6.45, 7) is 10.8. The molecular weight excluding hydrogens is 376 g/mol. The van der Waals surface area contributed by atoms with Crippen LogP contribution in [0.2, 0.25) is 0 Å². The van der Waals surface area contributed by atoms with Gasteiger partial charge >= 0.3 is 17.9 Å². The SMILES string of the molecule is C=C1C(=O)OC2C=C(C)CCC=C(COC(C)=O)CC(OC(=O)C3(C)OC3C)C12. The van der Waals surface area contributed by atoms with Gasteiger partial charge in [-0.3, -0.25) is 4.79 Å². The first-order valence-electron chi connectivity index (χ1n) is 9.89. The molecule has 5 unspecified atom stereocenters. The average Bonchev–Trinajstić information content (AvgIpc) is 3.16. The lowest BCUT2D eigenvalue weighted by atomic mass is 9.85. The molecule has 0 spiro atoms. The Morgan fingerprint density at radius 1 is 1.38 bits per heavy atom. The van der Waals surface area contributed by atoms with E-state index in [0.29, 0.717) is 6.42 Å². The molecular formula is C22H28O7. The molecule has 2 fully saturated rings. The lowest BCUT2D eigenvalue weighted by Crippen LogP contribution is -2.38. The Balaban J connectivity index is 1.91. The van der Waals surface area contributed by atoms with Crippen LogP contribution in [0.15, 0.2) is 35.5 Å². The van der Waals surface area contributed by atoms with Crippen LogP contribution in [0.25, 0.3) is 0 Å². The van der Waals surface area contributed by atoms with Crippen LogP contribution >= 0.6 is 0 Å². The Hall–Kier alpha value is -2.41. The Labute approximate surface area is 170 Å². The number of hydrogen-bond donors (Lipinski definition) is 0. The highest BCUT2D eigenvalue weighted by Crippen LogP contribution is 2.40. The monoisotopic (exact) mass is 404 g/mol. The topological polar surface area (TPSA) is 91.4 Å². The molecule has 5 atom stereocenters. The third-order valence-corrected chi connectivity index (χ3v) is 5.81. The summed E-state index contributed by atoms with van der Waals surface area (Å²) in [6, 6.07) is 0. The van der Waals surface area contributed by atoms with E-state index >= 15 is 0 Å². The van der Waals surface area contributed by atoms with E-state index in [9.17, 15) is 14.4 Å². The van der Waals surface area contributed by atoms with Crippen LogP contribution in [-0.4, -0.2) is 48.4 Å². The van der Waals surface area contributed by atoms with Crippen molar-refractivity contribution in [3.8, 4) is 0 Å². The van der Waals surface area contributed by atoms with Gasteiger partial charge in [-0.15, -0.1) is 0 Å². The van der Waals surface area contributed by atoms with E-state index in [-0.39, 0.29) is 24.3 Å². The fraction of sp³-hybridized carbons (Fsp3) is 0.591. The largest absolute Gasteiger partial charge is 0.461 e. The fourth-order valence-corrected chi connectivity index (χ4v) is 3.75. The number of carbonyl (C=O) groups is 3. The van der Waals surface area contributed by atoms with Crippen molar-refractivity contribution >= 4 is 17.9 Å². The molecule has 2 saturated heterocycles. The smallest absolute Gasteiger partial charge is 0.341 e. The second kappa shape index (κ2) is 8.14. The molecule has 0 saturated carbocycles. The molecule has 29 heavy (non-hydrogen) atoms. The van der Waals surface area contributed by atoms with Crippen LogP contribution in [0.1, 0.15) is 47.0 Å². The van der Waals surface area contributed by atoms with Crippen molar-refractivity contribution in [3.63, 3.8) is 0 Å². The van der Waals surface area contributed by atoms with Crippen molar-refractivity contribution in [2.45, 2.75) is 70.9 Å². The lowest BCUT2D eigenvalue weighted by molar-refractivity contribution is -0.158. The molecule has 3 aliphatic rings. The van der Waals surface area contributed by atoms with E-state index in [2.05, 4.69) is 6.58 Å². The zero-order valence-electron chi connectivity index (χ0n) is 17.4. The number of epoxide rings is 1. The molecule has 158 valence electrons. The maximum Gasteiger partial charge on any atom is 0.341 e. The van der Waals surface area contributed by atoms with Gasteiger partial charge in [-0.1, -0.05) is 18.2 Å². The van der Waals surface area contributed by atoms with Gasteiger partial charge in [0.25, 0.3) is 0 Å². The zero-order valence-corrected chi connectivity index (χ0v) is 17.4. The Kier molecular flexibility index (Phi) is 5.98. The van der Waals surface area contributed by atoms with E-state index < -0.39 is 35.7 Å². The highest BCUT2D eigenvalue weighted by atomic mass is 16.7. The molecule has 0 aromatic carbocycles. The summed E-state index contributed by atoms with van der Waals surface area (Å²) in [6.07, 6.45) is 4.27. The molecule has 0 aromatic rings. The first-order valence-corrected chi connectivity index (χ1v) is 9.89. The van der Waals surface area contributed by atoms with Crippen molar-refractivity contribution in [2.75, 3.05) is 6.61 Å². The average molecular weight is 404 g/mol. The second-order valence-corrected chi connectivity index (χ2v) is 8.13. The minimum atomic E-state index is -0.985. The number of hydrogen-bond acceptors (Lipinski definition) is 7.